The van der Waals surface area contributed by atoms with E-state index in [0.717, 1.165) is 17.3 Å². The first-order valence-electron chi connectivity index (χ1n) is 8.86. The van der Waals surface area contributed by atoms with Crippen molar-refractivity contribution in [3.05, 3.63) is 90.4 Å². The molecule has 1 unspecified atom stereocenters. The molecular weight excluding hydrogens is 340 g/mol. The molecule has 0 amide bonds. The molecule has 0 spiro atoms. The Balaban J connectivity index is 1.72. The molecule has 1 aromatic heterocycles. The van der Waals surface area contributed by atoms with Crippen LogP contribution in [0.4, 0.5) is 0 Å². The Labute approximate surface area is 156 Å². The molecule has 0 N–H and O–H groups in total. The second-order valence-electron chi connectivity index (χ2n) is 7.16. The molecule has 25 heavy (non-hydrogen) atoms. The Hall–Kier alpha value is -1.71. The standard InChI is InChI=1S/C22H26OSSi/c1-25(2,22-13-7-4-8-14-22)18-20(19-10-5-3-6-11-19)16-24-17-21-12-9-15-23-21/h3-15,20H,16-18H2,1-2H3. The first-order chi connectivity index (χ1) is 12.1. The summed E-state index contributed by atoms with van der Waals surface area (Å²) in [6.07, 6.45) is 1.76. The SMILES string of the molecule is C[Si](C)(CC(CSCc1ccco1)c1ccccc1)c1ccccc1. The zero-order chi connectivity index (χ0) is 17.5. The van der Waals surface area contributed by atoms with Gasteiger partial charge in [-0.05, 0) is 29.7 Å². The molecular formula is C22H26OSSi. The highest BCUT2D eigenvalue weighted by atomic mass is 32.2. The molecule has 0 radical (unpaired) electrons. The van der Waals surface area contributed by atoms with Crippen LogP contribution >= 0.6 is 11.8 Å². The average Bonchev–Trinajstić information content (AvgIpc) is 3.16. The minimum atomic E-state index is -1.48. The summed E-state index contributed by atoms with van der Waals surface area (Å²) in [4.78, 5) is 0. The van der Waals surface area contributed by atoms with Gasteiger partial charge < -0.3 is 4.42 Å². The quantitative estimate of drug-likeness (QED) is 0.460. The predicted octanol–water partition coefficient (Wildman–Crippen LogP) is 5.91. The van der Waals surface area contributed by atoms with E-state index < -0.39 is 8.07 Å². The van der Waals surface area contributed by atoms with Crippen LogP contribution in [0.15, 0.2) is 83.5 Å². The van der Waals surface area contributed by atoms with Crippen LogP contribution in [0, 0.1) is 0 Å². The van der Waals surface area contributed by atoms with Crippen LogP contribution in [0.3, 0.4) is 0 Å². The summed E-state index contributed by atoms with van der Waals surface area (Å²) in [5.74, 6) is 3.73. The average molecular weight is 367 g/mol. The van der Waals surface area contributed by atoms with Gasteiger partial charge in [-0.2, -0.15) is 11.8 Å². The smallest absolute Gasteiger partial charge is 0.113 e. The van der Waals surface area contributed by atoms with Crippen molar-refractivity contribution in [3.8, 4) is 0 Å². The van der Waals surface area contributed by atoms with Gasteiger partial charge in [0, 0.05) is 5.75 Å². The number of furan rings is 1. The van der Waals surface area contributed by atoms with E-state index in [2.05, 4.69) is 79.8 Å². The van der Waals surface area contributed by atoms with Crippen LogP contribution in [0.25, 0.3) is 0 Å². The van der Waals surface area contributed by atoms with Crippen molar-refractivity contribution in [2.75, 3.05) is 5.75 Å². The van der Waals surface area contributed by atoms with E-state index in [0.29, 0.717) is 5.92 Å². The Morgan fingerprint density at radius 1 is 0.880 bits per heavy atom. The minimum absolute atomic E-state index is 0.586. The molecule has 0 saturated heterocycles. The molecule has 1 nitrogen and oxygen atoms in total. The van der Waals surface area contributed by atoms with Crippen molar-refractivity contribution in [3.63, 3.8) is 0 Å². The van der Waals surface area contributed by atoms with Crippen LogP contribution in [-0.2, 0) is 5.75 Å². The van der Waals surface area contributed by atoms with Gasteiger partial charge >= 0.3 is 0 Å². The lowest BCUT2D eigenvalue weighted by molar-refractivity contribution is 0.530. The topological polar surface area (TPSA) is 13.1 Å². The third-order valence-corrected chi connectivity index (χ3v) is 9.26. The fourth-order valence-electron chi connectivity index (χ4n) is 3.32. The molecule has 0 fully saturated rings. The van der Waals surface area contributed by atoms with Gasteiger partial charge in [-0.15, -0.1) is 0 Å². The van der Waals surface area contributed by atoms with E-state index in [4.69, 9.17) is 4.42 Å². The summed E-state index contributed by atoms with van der Waals surface area (Å²) in [6.45, 7) is 4.99. The maximum Gasteiger partial charge on any atom is 0.113 e. The molecule has 1 heterocycles. The third kappa shape index (κ3) is 5.13. The van der Waals surface area contributed by atoms with Crippen LogP contribution in [0.5, 0.6) is 0 Å². The lowest BCUT2D eigenvalue weighted by Gasteiger charge is -2.29. The number of hydrogen-bond donors (Lipinski definition) is 0. The monoisotopic (exact) mass is 366 g/mol. The minimum Gasteiger partial charge on any atom is -0.468 e. The molecule has 0 aliphatic carbocycles. The van der Waals surface area contributed by atoms with Crippen molar-refractivity contribution in [1.82, 2.24) is 0 Å². The summed E-state index contributed by atoms with van der Waals surface area (Å²) >= 11 is 1.98. The highest BCUT2D eigenvalue weighted by Crippen LogP contribution is 2.31. The summed E-state index contributed by atoms with van der Waals surface area (Å²) in [6, 6.07) is 27.4. The zero-order valence-electron chi connectivity index (χ0n) is 15.0. The second-order valence-corrected chi connectivity index (χ2v) is 12.9. The van der Waals surface area contributed by atoms with Gasteiger partial charge in [-0.1, -0.05) is 78.9 Å². The van der Waals surface area contributed by atoms with Gasteiger partial charge in [0.1, 0.15) is 5.76 Å². The number of rotatable bonds is 8. The molecule has 3 aromatic rings. The van der Waals surface area contributed by atoms with E-state index in [-0.39, 0.29) is 0 Å². The molecule has 0 bridgehead atoms. The summed E-state index contributed by atoms with van der Waals surface area (Å²) in [7, 11) is -1.48. The second kappa shape index (κ2) is 8.59. The molecule has 3 rings (SSSR count). The maximum absolute atomic E-state index is 5.48. The van der Waals surface area contributed by atoms with Crippen molar-refractivity contribution in [2.45, 2.75) is 30.8 Å². The van der Waals surface area contributed by atoms with E-state index in [9.17, 15) is 0 Å². The molecule has 0 aliphatic rings. The van der Waals surface area contributed by atoms with Crippen LogP contribution in [0.1, 0.15) is 17.2 Å². The molecule has 2 aromatic carbocycles. The Bertz CT molecular complexity index is 738. The lowest BCUT2D eigenvalue weighted by atomic mass is 10.0. The predicted molar refractivity (Wildman–Crippen MR) is 112 cm³/mol. The Morgan fingerprint density at radius 3 is 2.20 bits per heavy atom. The third-order valence-electron chi connectivity index (χ3n) is 4.73. The largest absolute Gasteiger partial charge is 0.468 e. The Morgan fingerprint density at radius 2 is 1.56 bits per heavy atom. The van der Waals surface area contributed by atoms with E-state index in [1.165, 1.54) is 11.6 Å². The highest BCUT2D eigenvalue weighted by Gasteiger charge is 2.28. The van der Waals surface area contributed by atoms with Gasteiger partial charge in [0.15, 0.2) is 0 Å². The van der Waals surface area contributed by atoms with Crippen LogP contribution in [-0.4, -0.2) is 13.8 Å². The lowest BCUT2D eigenvalue weighted by Crippen LogP contribution is -2.42. The molecule has 0 saturated carbocycles. The van der Waals surface area contributed by atoms with Crippen LogP contribution < -0.4 is 5.19 Å². The number of thioether (sulfide) groups is 1. The first kappa shape index (κ1) is 18.1. The molecule has 1 atom stereocenters. The molecule has 130 valence electrons. The number of benzene rings is 2. The maximum atomic E-state index is 5.48. The van der Waals surface area contributed by atoms with Crippen molar-refractivity contribution < 1.29 is 4.42 Å². The van der Waals surface area contributed by atoms with Gasteiger partial charge in [0.2, 0.25) is 0 Å². The molecule has 0 aliphatic heterocycles. The van der Waals surface area contributed by atoms with E-state index >= 15 is 0 Å². The zero-order valence-corrected chi connectivity index (χ0v) is 16.8. The van der Waals surface area contributed by atoms with E-state index in [1.807, 2.05) is 17.8 Å². The Kier molecular flexibility index (Phi) is 6.22. The first-order valence-corrected chi connectivity index (χ1v) is 13.2. The normalized spacial score (nSPS) is 12.9. The van der Waals surface area contributed by atoms with Crippen molar-refractivity contribution in [1.29, 1.82) is 0 Å². The van der Waals surface area contributed by atoms with Gasteiger partial charge in [-0.25, -0.2) is 0 Å². The fraction of sp³-hybridized carbons (Fsp3) is 0.273. The van der Waals surface area contributed by atoms with Gasteiger partial charge in [0.25, 0.3) is 0 Å². The summed E-state index contributed by atoms with van der Waals surface area (Å²) in [5, 5.41) is 1.55. The van der Waals surface area contributed by atoms with E-state index in [1.54, 1.807) is 11.4 Å². The highest BCUT2D eigenvalue weighted by molar-refractivity contribution is 7.98. The van der Waals surface area contributed by atoms with Crippen molar-refractivity contribution >= 4 is 25.0 Å². The van der Waals surface area contributed by atoms with Gasteiger partial charge in [0.05, 0.1) is 20.1 Å². The fourth-order valence-corrected chi connectivity index (χ4v) is 7.55. The number of hydrogen-bond acceptors (Lipinski definition) is 2. The summed E-state index contributed by atoms with van der Waals surface area (Å²) in [5.41, 5.74) is 1.46. The van der Waals surface area contributed by atoms with Gasteiger partial charge in [-0.3, -0.25) is 0 Å². The van der Waals surface area contributed by atoms with Crippen molar-refractivity contribution in [2.24, 2.45) is 0 Å². The molecule has 3 heteroatoms. The van der Waals surface area contributed by atoms with Crippen LogP contribution in [0.2, 0.25) is 19.1 Å². The summed E-state index contributed by atoms with van der Waals surface area (Å²) < 4.78 is 5.48.